The van der Waals surface area contributed by atoms with Crippen molar-refractivity contribution in [3.63, 3.8) is 0 Å². The molecule has 3 heterocycles. The van der Waals surface area contributed by atoms with Crippen molar-refractivity contribution in [1.29, 1.82) is 0 Å². The maximum atomic E-state index is 12.7. The third-order valence-corrected chi connectivity index (χ3v) is 6.09. The highest BCUT2D eigenvalue weighted by molar-refractivity contribution is 7.98. The van der Waals surface area contributed by atoms with Gasteiger partial charge in [-0.1, -0.05) is 18.2 Å². The number of hydrogen-bond acceptors (Lipinski definition) is 5. The smallest absolute Gasteiger partial charge is 0.287 e. The van der Waals surface area contributed by atoms with Crippen LogP contribution in [0, 0.1) is 0 Å². The number of nitrogens with one attached hydrogen (secondary N) is 1. The Kier molecular flexibility index (Phi) is 6.52. The van der Waals surface area contributed by atoms with E-state index in [0.29, 0.717) is 18.1 Å². The Hall–Kier alpha value is -2.73. The number of carbonyl (C=O) groups excluding carboxylic acids is 1. The summed E-state index contributed by atoms with van der Waals surface area (Å²) in [6.07, 6.45) is 7.12. The van der Waals surface area contributed by atoms with Gasteiger partial charge in [0.1, 0.15) is 5.82 Å². The molecule has 150 valence electrons. The van der Waals surface area contributed by atoms with Crippen molar-refractivity contribution >= 4 is 23.5 Å². The van der Waals surface area contributed by atoms with Gasteiger partial charge in [0.15, 0.2) is 5.76 Å². The highest BCUT2D eigenvalue weighted by Crippen LogP contribution is 2.25. The molecule has 3 aromatic rings. The van der Waals surface area contributed by atoms with Gasteiger partial charge in [-0.15, -0.1) is 11.8 Å². The molecule has 0 saturated carbocycles. The van der Waals surface area contributed by atoms with Crippen molar-refractivity contribution in [3.05, 3.63) is 77.9 Å². The number of carbonyl (C=O) groups is 1. The lowest BCUT2D eigenvalue weighted by atomic mass is 10.1. The van der Waals surface area contributed by atoms with Gasteiger partial charge < -0.3 is 14.6 Å². The molecule has 0 atom stereocenters. The summed E-state index contributed by atoms with van der Waals surface area (Å²) in [7, 11) is 0. The molecule has 4 rings (SSSR count). The van der Waals surface area contributed by atoms with Crippen LogP contribution in [0.1, 0.15) is 40.9 Å². The number of aromatic nitrogens is 1. The summed E-state index contributed by atoms with van der Waals surface area (Å²) in [4.78, 5) is 20.6. The molecule has 0 bridgehead atoms. The van der Waals surface area contributed by atoms with Crippen LogP contribution in [0.15, 0.2) is 70.3 Å². The van der Waals surface area contributed by atoms with Gasteiger partial charge >= 0.3 is 0 Å². The average molecular weight is 408 g/mol. The van der Waals surface area contributed by atoms with Crippen LogP contribution in [0.5, 0.6) is 0 Å². The SMILES string of the molecule is O=C(NCc1ccnc(N2CCCCC2)c1)c1occc1CSc1ccccc1. The fraction of sp³-hybridized carbons (Fsp3) is 0.304. The Bertz CT molecular complexity index is 936. The van der Waals surface area contributed by atoms with E-state index in [1.807, 2.05) is 36.5 Å². The molecule has 0 unspecified atom stereocenters. The minimum absolute atomic E-state index is 0.185. The second-order valence-electron chi connectivity index (χ2n) is 7.13. The lowest BCUT2D eigenvalue weighted by Gasteiger charge is -2.27. The first kappa shape index (κ1) is 19.6. The third-order valence-electron chi connectivity index (χ3n) is 5.03. The van der Waals surface area contributed by atoms with Crippen molar-refractivity contribution in [2.45, 2.75) is 36.5 Å². The van der Waals surface area contributed by atoms with Gasteiger partial charge in [0.25, 0.3) is 5.91 Å². The fourth-order valence-electron chi connectivity index (χ4n) is 3.46. The van der Waals surface area contributed by atoms with Crippen LogP contribution >= 0.6 is 11.8 Å². The lowest BCUT2D eigenvalue weighted by molar-refractivity contribution is 0.0922. The third kappa shape index (κ3) is 5.21. The molecule has 1 fully saturated rings. The number of thioether (sulfide) groups is 1. The molecule has 6 heteroatoms. The number of piperidine rings is 1. The summed E-state index contributed by atoms with van der Waals surface area (Å²) in [6.45, 7) is 2.56. The van der Waals surface area contributed by atoms with Crippen molar-refractivity contribution in [2.24, 2.45) is 0 Å². The van der Waals surface area contributed by atoms with Gasteiger partial charge in [0.2, 0.25) is 0 Å². The van der Waals surface area contributed by atoms with Crippen LogP contribution in [0.25, 0.3) is 0 Å². The van der Waals surface area contributed by atoms with Gasteiger partial charge in [-0.25, -0.2) is 4.98 Å². The Morgan fingerprint density at radius 2 is 1.93 bits per heavy atom. The summed E-state index contributed by atoms with van der Waals surface area (Å²) in [5.74, 6) is 1.89. The van der Waals surface area contributed by atoms with Gasteiger partial charge in [0.05, 0.1) is 6.26 Å². The molecule has 5 nitrogen and oxygen atoms in total. The predicted molar refractivity (Wildman–Crippen MR) is 116 cm³/mol. The van der Waals surface area contributed by atoms with Crippen LogP contribution in [-0.2, 0) is 12.3 Å². The van der Waals surface area contributed by atoms with E-state index in [9.17, 15) is 4.79 Å². The first-order valence-electron chi connectivity index (χ1n) is 10.0. The van der Waals surface area contributed by atoms with Crippen LogP contribution in [-0.4, -0.2) is 24.0 Å². The van der Waals surface area contributed by atoms with E-state index >= 15 is 0 Å². The van der Waals surface area contributed by atoms with E-state index in [1.165, 1.54) is 24.2 Å². The van der Waals surface area contributed by atoms with E-state index < -0.39 is 0 Å². The predicted octanol–water partition coefficient (Wildman–Crippen LogP) is 4.89. The van der Waals surface area contributed by atoms with Crippen LogP contribution in [0.2, 0.25) is 0 Å². The zero-order valence-electron chi connectivity index (χ0n) is 16.3. The van der Waals surface area contributed by atoms with Crippen molar-refractivity contribution in [1.82, 2.24) is 10.3 Å². The Morgan fingerprint density at radius 3 is 2.76 bits per heavy atom. The summed E-state index contributed by atoms with van der Waals surface area (Å²) >= 11 is 1.69. The van der Waals surface area contributed by atoms with Crippen LogP contribution in [0.4, 0.5) is 5.82 Å². The zero-order chi connectivity index (χ0) is 19.9. The lowest BCUT2D eigenvalue weighted by Crippen LogP contribution is -2.30. The number of rotatable bonds is 7. The molecular formula is C23H25N3O2S. The maximum Gasteiger partial charge on any atom is 0.287 e. The van der Waals surface area contributed by atoms with Gasteiger partial charge in [-0.05, 0) is 55.2 Å². The van der Waals surface area contributed by atoms with Gasteiger partial charge in [-0.3, -0.25) is 4.79 Å². The quantitative estimate of drug-likeness (QED) is 0.565. The molecule has 0 radical (unpaired) electrons. The summed E-state index contributed by atoms with van der Waals surface area (Å²) in [5, 5.41) is 2.98. The Labute approximate surface area is 175 Å². The molecule has 1 aromatic carbocycles. The molecular weight excluding hydrogens is 382 g/mol. The Balaban J connectivity index is 1.35. The van der Waals surface area contributed by atoms with Crippen molar-refractivity contribution in [2.75, 3.05) is 18.0 Å². The van der Waals surface area contributed by atoms with E-state index in [0.717, 1.165) is 30.0 Å². The van der Waals surface area contributed by atoms with Crippen LogP contribution < -0.4 is 10.2 Å². The molecule has 1 aliphatic rings. The monoisotopic (exact) mass is 407 g/mol. The Morgan fingerprint density at radius 1 is 1.10 bits per heavy atom. The van der Waals surface area contributed by atoms with Gasteiger partial charge in [0, 0.05) is 42.0 Å². The number of pyridine rings is 1. The van der Waals surface area contributed by atoms with E-state index in [2.05, 4.69) is 33.4 Å². The number of hydrogen-bond donors (Lipinski definition) is 1. The summed E-state index contributed by atoms with van der Waals surface area (Å²) in [6, 6.07) is 16.0. The van der Waals surface area contributed by atoms with Crippen molar-refractivity contribution in [3.8, 4) is 0 Å². The topological polar surface area (TPSA) is 58.4 Å². The fourth-order valence-corrected chi connectivity index (χ4v) is 4.35. The molecule has 0 aliphatic carbocycles. The number of nitrogens with zero attached hydrogens (tertiary/aromatic N) is 2. The number of anilines is 1. The zero-order valence-corrected chi connectivity index (χ0v) is 17.2. The minimum atomic E-state index is -0.185. The standard InChI is InChI=1S/C23H25N3O2S/c27-23(22-19(10-14-28-22)17-29-20-7-3-1-4-8-20)25-16-18-9-11-24-21(15-18)26-12-5-2-6-13-26/h1,3-4,7-11,14-15H,2,5-6,12-13,16-17H2,(H,25,27). The van der Waals surface area contributed by atoms with E-state index in [4.69, 9.17) is 4.42 Å². The normalized spacial score (nSPS) is 14.0. The average Bonchev–Trinajstić information content (AvgIpc) is 3.26. The summed E-state index contributed by atoms with van der Waals surface area (Å²) < 4.78 is 5.48. The molecule has 1 saturated heterocycles. The first-order valence-corrected chi connectivity index (χ1v) is 11.0. The molecule has 1 aliphatic heterocycles. The number of furan rings is 1. The summed E-state index contributed by atoms with van der Waals surface area (Å²) in [5.41, 5.74) is 1.95. The van der Waals surface area contributed by atoms with E-state index in [1.54, 1.807) is 18.0 Å². The first-order chi connectivity index (χ1) is 14.3. The van der Waals surface area contributed by atoms with E-state index in [-0.39, 0.29) is 5.91 Å². The highest BCUT2D eigenvalue weighted by atomic mass is 32.2. The second kappa shape index (κ2) is 9.65. The highest BCUT2D eigenvalue weighted by Gasteiger charge is 2.16. The molecule has 0 spiro atoms. The van der Waals surface area contributed by atoms with Crippen molar-refractivity contribution < 1.29 is 9.21 Å². The largest absolute Gasteiger partial charge is 0.459 e. The van der Waals surface area contributed by atoms with Crippen LogP contribution in [0.3, 0.4) is 0 Å². The number of amides is 1. The molecule has 1 amide bonds. The minimum Gasteiger partial charge on any atom is -0.459 e. The molecule has 1 N–H and O–H groups in total. The number of benzene rings is 1. The molecule has 29 heavy (non-hydrogen) atoms. The second-order valence-corrected chi connectivity index (χ2v) is 8.18. The maximum absolute atomic E-state index is 12.7. The van der Waals surface area contributed by atoms with Gasteiger partial charge in [-0.2, -0.15) is 0 Å². The molecule has 2 aromatic heterocycles.